The van der Waals surface area contributed by atoms with Crippen LogP contribution >= 0.6 is 0 Å². The van der Waals surface area contributed by atoms with Crippen molar-refractivity contribution in [3.8, 4) is 5.75 Å². The molecule has 0 aliphatic heterocycles. The van der Waals surface area contributed by atoms with Gasteiger partial charge in [0.25, 0.3) is 5.91 Å². The number of nitrogens with one attached hydrogen (secondary N) is 2. The SMILES string of the molecule is COc1ccc(CNc2cnc(C(=O)NCCCc3ccccc3)cn2)cc1. The van der Waals surface area contributed by atoms with Crippen LogP contribution in [0.25, 0.3) is 0 Å². The van der Waals surface area contributed by atoms with Gasteiger partial charge in [-0.3, -0.25) is 4.79 Å². The molecule has 0 bridgehead atoms. The molecule has 0 saturated carbocycles. The summed E-state index contributed by atoms with van der Waals surface area (Å²) in [4.78, 5) is 20.6. The summed E-state index contributed by atoms with van der Waals surface area (Å²) in [5.41, 5.74) is 2.68. The van der Waals surface area contributed by atoms with Gasteiger partial charge in [0, 0.05) is 13.1 Å². The molecule has 144 valence electrons. The van der Waals surface area contributed by atoms with Gasteiger partial charge in [-0.2, -0.15) is 0 Å². The van der Waals surface area contributed by atoms with Gasteiger partial charge in [0.15, 0.2) is 0 Å². The van der Waals surface area contributed by atoms with Gasteiger partial charge >= 0.3 is 0 Å². The molecule has 0 spiro atoms. The number of anilines is 1. The van der Waals surface area contributed by atoms with Gasteiger partial charge in [0.1, 0.15) is 17.3 Å². The molecule has 2 aromatic carbocycles. The standard InChI is InChI=1S/C22H24N4O2/c1-28-19-11-9-18(10-12-19)14-25-21-16-24-20(15-26-21)22(27)23-13-5-8-17-6-3-2-4-7-17/h2-4,6-7,9-12,15-16H,5,8,13-14H2,1H3,(H,23,27)(H,25,26). The maximum absolute atomic E-state index is 12.2. The normalized spacial score (nSPS) is 10.3. The predicted molar refractivity (Wildman–Crippen MR) is 109 cm³/mol. The topological polar surface area (TPSA) is 76.1 Å². The first-order valence-corrected chi connectivity index (χ1v) is 9.25. The van der Waals surface area contributed by atoms with Crippen molar-refractivity contribution in [2.24, 2.45) is 0 Å². The average molecular weight is 376 g/mol. The van der Waals surface area contributed by atoms with E-state index in [1.54, 1.807) is 13.3 Å². The molecule has 0 aliphatic rings. The van der Waals surface area contributed by atoms with E-state index in [1.165, 1.54) is 11.8 Å². The zero-order valence-corrected chi connectivity index (χ0v) is 15.9. The number of nitrogens with zero attached hydrogens (tertiary/aromatic N) is 2. The molecule has 0 atom stereocenters. The van der Waals surface area contributed by atoms with Crippen LogP contribution in [0.2, 0.25) is 0 Å². The third-order valence-electron chi connectivity index (χ3n) is 4.29. The average Bonchev–Trinajstić information content (AvgIpc) is 2.76. The van der Waals surface area contributed by atoms with Crippen LogP contribution in [0.4, 0.5) is 5.82 Å². The Morgan fingerprint density at radius 2 is 1.75 bits per heavy atom. The highest BCUT2D eigenvalue weighted by Crippen LogP contribution is 2.12. The quantitative estimate of drug-likeness (QED) is 0.559. The van der Waals surface area contributed by atoms with Gasteiger partial charge in [0.2, 0.25) is 0 Å². The molecule has 0 radical (unpaired) electrons. The summed E-state index contributed by atoms with van der Waals surface area (Å²) in [5, 5.41) is 6.07. The number of rotatable bonds is 9. The molecule has 6 heteroatoms. The third-order valence-corrected chi connectivity index (χ3v) is 4.29. The first-order valence-electron chi connectivity index (χ1n) is 9.25. The van der Waals surface area contributed by atoms with Crippen molar-refractivity contribution in [1.82, 2.24) is 15.3 Å². The second kappa shape index (κ2) is 10.1. The Hall–Kier alpha value is -3.41. The summed E-state index contributed by atoms with van der Waals surface area (Å²) in [7, 11) is 1.64. The summed E-state index contributed by atoms with van der Waals surface area (Å²) < 4.78 is 5.14. The molecule has 3 rings (SSSR count). The minimum absolute atomic E-state index is 0.206. The number of carbonyl (C=O) groups is 1. The van der Waals surface area contributed by atoms with E-state index in [4.69, 9.17) is 4.74 Å². The molecule has 0 saturated heterocycles. The molecule has 6 nitrogen and oxygen atoms in total. The van der Waals surface area contributed by atoms with Crippen molar-refractivity contribution < 1.29 is 9.53 Å². The summed E-state index contributed by atoms with van der Waals surface area (Å²) in [6.45, 7) is 1.22. The Morgan fingerprint density at radius 1 is 0.964 bits per heavy atom. The van der Waals surface area contributed by atoms with Crippen LogP contribution in [0.3, 0.4) is 0 Å². The minimum atomic E-state index is -0.206. The van der Waals surface area contributed by atoms with E-state index in [1.807, 2.05) is 42.5 Å². The van der Waals surface area contributed by atoms with Crippen LogP contribution in [-0.4, -0.2) is 29.5 Å². The lowest BCUT2D eigenvalue weighted by Gasteiger charge is -2.08. The number of ether oxygens (including phenoxy) is 1. The molecule has 0 unspecified atom stereocenters. The molecule has 2 N–H and O–H groups in total. The monoisotopic (exact) mass is 376 g/mol. The summed E-state index contributed by atoms with van der Waals surface area (Å²) in [5.74, 6) is 1.24. The molecule has 3 aromatic rings. The van der Waals surface area contributed by atoms with Crippen molar-refractivity contribution in [2.45, 2.75) is 19.4 Å². The van der Waals surface area contributed by atoms with Crippen LogP contribution in [-0.2, 0) is 13.0 Å². The number of hydrogen-bond donors (Lipinski definition) is 2. The summed E-state index contributed by atoms with van der Waals surface area (Å²) in [6, 6.07) is 18.0. The molecule has 28 heavy (non-hydrogen) atoms. The Balaban J connectivity index is 1.41. The van der Waals surface area contributed by atoms with E-state index in [2.05, 4.69) is 32.7 Å². The fourth-order valence-electron chi connectivity index (χ4n) is 2.70. The van der Waals surface area contributed by atoms with E-state index in [-0.39, 0.29) is 5.91 Å². The molecule has 1 aromatic heterocycles. The first-order chi connectivity index (χ1) is 13.7. The van der Waals surface area contributed by atoms with Crippen LogP contribution in [0.15, 0.2) is 67.0 Å². The van der Waals surface area contributed by atoms with Gasteiger partial charge in [0.05, 0.1) is 19.5 Å². The van der Waals surface area contributed by atoms with E-state index >= 15 is 0 Å². The lowest BCUT2D eigenvalue weighted by atomic mass is 10.1. The number of aryl methyl sites for hydroxylation is 1. The van der Waals surface area contributed by atoms with Gasteiger partial charge in [-0.15, -0.1) is 0 Å². The summed E-state index contributed by atoms with van der Waals surface area (Å²) >= 11 is 0. The fourth-order valence-corrected chi connectivity index (χ4v) is 2.70. The molecule has 1 amide bonds. The Morgan fingerprint density at radius 3 is 2.43 bits per heavy atom. The van der Waals surface area contributed by atoms with Crippen LogP contribution < -0.4 is 15.4 Å². The van der Waals surface area contributed by atoms with Gasteiger partial charge in [-0.1, -0.05) is 42.5 Å². The van der Waals surface area contributed by atoms with Gasteiger partial charge < -0.3 is 15.4 Å². The summed E-state index contributed by atoms with van der Waals surface area (Å²) in [6.07, 6.45) is 4.87. The van der Waals surface area contributed by atoms with Crippen molar-refractivity contribution in [1.29, 1.82) is 0 Å². The Bertz CT molecular complexity index is 865. The van der Waals surface area contributed by atoms with Crippen LogP contribution in [0, 0.1) is 0 Å². The van der Waals surface area contributed by atoms with Gasteiger partial charge in [-0.05, 0) is 36.1 Å². The third kappa shape index (κ3) is 5.81. The zero-order chi connectivity index (χ0) is 19.6. The maximum atomic E-state index is 12.2. The van der Waals surface area contributed by atoms with E-state index < -0.39 is 0 Å². The molecular formula is C22H24N4O2. The molecule has 1 heterocycles. The second-order valence-electron chi connectivity index (χ2n) is 6.33. The maximum Gasteiger partial charge on any atom is 0.271 e. The fraction of sp³-hybridized carbons (Fsp3) is 0.227. The van der Waals surface area contributed by atoms with E-state index in [9.17, 15) is 4.79 Å². The number of carbonyl (C=O) groups excluding carboxylic acids is 1. The zero-order valence-electron chi connectivity index (χ0n) is 15.9. The van der Waals surface area contributed by atoms with Crippen molar-refractivity contribution in [3.05, 3.63) is 83.8 Å². The van der Waals surface area contributed by atoms with Gasteiger partial charge in [-0.25, -0.2) is 9.97 Å². The molecule has 0 fully saturated rings. The van der Waals surface area contributed by atoms with Crippen molar-refractivity contribution in [3.63, 3.8) is 0 Å². The van der Waals surface area contributed by atoms with E-state index in [0.717, 1.165) is 24.2 Å². The largest absolute Gasteiger partial charge is 0.497 e. The number of hydrogen-bond acceptors (Lipinski definition) is 5. The number of aromatic nitrogens is 2. The van der Waals surface area contributed by atoms with Crippen molar-refractivity contribution >= 4 is 11.7 Å². The number of amides is 1. The number of benzene rings is 2. The number of methoxy groups -OCH3 is 1. The lowest BCUT2D eigenvalue weighted by Crippen LogP contribution is -2.25. The Kier molecular flexibility index (Phi) is 6.95. The second-order valence-corrected chi connectivity index (χ2v) is 6.33. The van der Waals surface area contributed by atoms with Crippen LogP contribution in [0.5, 0.6) is 5.75 Å². The predicted octanol–water partition coefficient (Wildman–Crippen LogP) is 3.46. The van der Waals surface area contributed by atoms with Crippen LogP contribution in [0.1, 0.15) is 28.0 Å². The first kappa shape index (κ1) is 19.4. The highest BCUT2D eigenvalue weighted by Gasteiger charge is 2.07. The molecular weight excluding hydrogens is 352 g/mol. The smallest absolute Gasteiger partial charge is 0.271 e. The lowest BCUT2D eigenvalue weighted by molar-refractivity contribution is 0.0948. The van der Waals surface area contributed by atoms with E-state index in [0.29, 0.717) is 24.6 Å². The highest BCUT2D eigenvalue weighted by molar-refractivity contribution is 5.91. The molecule has 0 aliphatic carbocycles. The Labute approximate surface area is 165 Å². The van der Waals surface area contributed by atoms with Crippen molar-refractivity contribution in [2.75, 3.05) is 19.0 Å². The highest BCUT2D eigenvalue weighted by atomic mass is 16.5. The minimum Gasteiger partial charge on any atom is -0.497 e.